The van der Waals surface area contributed by atoms with E-state index < -0.39 is 0 Å². The summed E-state index contributed by atoms with van der Waals surface area (Å²) in [6, 6.07) is 0. The van der Waals surface area contributed by atoms with Crippen LogP contribution in [-0.2, 0) is 9.53 Å². The molecule has 3 heteroatoms. The molecule has 2 nitrogen and oxygen atoms in total. The zero-order valence-corrected chi connectivity index (χ0v) is 20.3. The molecule has 0 bridgehead atoms. The van der Waals surface area contributed by atoms with Gasteiger partial charge in [-0.1, -0.05) is 37.3 Å². The van der Waals surface area contributed by atoms with Crippen LogP contribution in [0.5, 0.6) is 0 Å². The van der Waals surface area contributed by atoms with Crippen molar-refractivity contribution in [1.29, 1.82) is 0 Å². The van der Waals surface area contributed by atoms with Gasteiger partial charge in [0.1, 0.15) is 6.10 Å². The van der Waals surface area contributed by atoms with Gasteiger partial charge in [0.2, 0.25) is 0 Å². The van der Waals surface area contributed by atoms with Gasteiger partial charge in [0.25, 0.3) is 0 Å². The molecular formula is C18H27CsO2. The molecular weight excluding hydrogens is 381 g/mol. The second-order valence-electron chi connectivity index (χ2n) is 5.94. The van der Waals surface area contributed by atoms with Crippen molar-refractivity contribution in [1.82, 2.24) is 0 Å². The molecule has 0 aromatic carbocycles. The van der Waals surface area contributed by atoms with Gasteiger partial charge in [-0.05, 0) is 50.5 Å². The SMILES string of the molecule is C=C/C=C(\C=C/C)[C@H](C)OC(=O)C1CC2(CCC2)C1.[CH3-].[Cs+]. The third-order valence-electron chi connectivity index (χ3n) is 4.54. The van der Waals surface area contributed by atoms with Crippen molar-refractivity contribution in [3.05, 3.63) is 43.9 Å². The number of carbonyl (C=O) groups excluding carboxylic acids is 1. The zero-order valence-electron chi connectivity index (χ0n) is 14.0. The van der Waals surface area contributed by atoms with Gasteiger partial charge in [-0.2, -0.15) is 0 Å². The number of allylic oxidation sites excluding steroid dienone is 3. The fourth-order valence-corrected chi connectivity index (χ4v) is 3.23. The van der Waals surface area contributed by atoms with Gasteiger partial charge in [-0.15, -0.1) is 0 Å². The van der Waals surface area contributed by atoms with Crippen LogP contribution in [0, 0.1) is 18.8 Å². The van der Waals surface area contributed by atoms with E-state index in [1.165, 1.54) is 19.3 Å². The molecule has 0 aromatic rings. The fourth-order valence-electron chi connectivity index (χ4n) is 3.23. The van der Waals surface area contributed by atoms with E-state index in [9.17, 15) is 4.79 Å². The van der Waals surface area contributed by atoms with Gasteiger partial charge in [0, 0.05) is 0 Å². The molecule has 0 heterocycles. The van der Waals surface area contributed by atoms with Crippen LogP contribution in [0.4, 0.5) is 0 Å². The molecule has 1 spiro atoms. The van der Waals surface area contributed by atoms with Crippen LogP contribution in [0.1, 0.15) is 46.0 Å². The first-order chi connectivity index (χ1) is 9.10. The smallest absolute Gasteiger partial charge is 0.458 e. The summed E-state index contributed by atoms with van der Waals surface area (Å²) in [6.45, 7) is 7.57. The predicted octanol–water partition coefficient (Wildman–Crippen LogP) is 1.64. The first kappa shape index (κ1) is 21.7. The Balaban J connectivity index is 0.00000200. The number of esters is 1. The monoisotopic (exact) mass is 408 g/mol. The molecule has 2 saturated carbocycles. The number of rotatable bonds is 5. The van der Waals surface area contributed by atoms with Gasteiger partial charge in [0.05, 0.1) is 5.92 Å². The minimum Gasteiger partial charge on any atom is -0.458 e. The maximum atomic E-state index is 12.1. The summed E-state index contributed by atoms with van der Waals surface area (Å²) in [5.41, 5.74) is 1.51. The minimum atomic E-state index is -0.195. The Morgan fingerprint density at radius 1 is 1.38 bits per heavy atom. The predicted molar refractivity (Wildman–Crippen MR) is 84.1 cm³/mol. The second kappa shape index (κ2) is 9.79. The summed E-state index contributed by atoms with van der Waals surface area (Å²) in [4.78, 5) is 12.1. The Hall–Kier alpha value is 0.742. The molecule has 21 heavy (non-hydrogen) atoms. The summed E-state index contributed by atoms with van der Waals surface area (Å²) in [5, 5.41) is 0. The Labute approximate surface area is 188 Å². The van der Waals surface area contributed by atoms with E-state index in [0.717, 1.165) is 18.4 Å². The van der Waals surface area contributed by atoms with Crippen molar-refractivity contribution in [3.8, 4) is 0 Å². The fraction of sp³-hybridized carbons (Fsp3) is 0.556. The van der Waals surface area contributed by atoms with Crippen LogP contribution < -0.4 is 68.9 Å². The van der Waals surface area contributed by atoms with Crippen LogP contribution in [-0.4, -0.2) is 12.1 Å². The summed E-state index contributed by atoms with van der Waals surface area (Å²) < 4.78 is 5.58. The molecule has 0 N–H and O–H groups in total. The number of carbonyl (C=O) groups is 1. The van der Waals surface area contributed by atoms with E-state index in [1.807, 2.05) is 32.1 Å². The Bertz CT molecular complexity index is 411. The van der Waals surface area contributed by atoms with Gasteiger partial charge >= 0.3 is 74.9 Å². The van der Waals surface area contributed by atoms with Crippen LogP contribution in [0.25, 0.3) is 0 Å². The first-order valence-corrected chi connectivity index (χ1v) is 7.26. The third-order valence-corrected chi connectivity index (χ3v) is 4.54. The number of hydrogen-bond acceptors (Lipinski definition) is 2. The maximum absolute atomic E-state index is 12.1. The van der Waals surface area contributed by atoms with Crippen molar-refractivity contribution in [2.24, 2.45) is 11.3 Å². The summed E-state index contributed by atoms with van der Waals surface area (Å²) in [6.07, 6.45) is 13.4. The minimum absolute atomic E-state index is 0. The average molecular weight is 408 g/mol. The van der Waals surface area contributed by atoms with Crippen molar-refractivity contribution >= 4 is 5.97 Å². The van der Waals surface area contributed by atoms with E-state index >= 15 is 0 Å². The average Bonchev–Trinajstić information content (AvgIpc) is 2.24. The van der Waals surface area contributed by atoms with Crippen molar-refractivity contribution in [3.63, 3.8) is 0 Å². The molecule has 0 unspecified atom stereocenters. The van der Waals surface area contributed by atoms with Crippen LogP contribution in [0.3, 0.4) is 0 Å². The first-order valence-electron chi connectivity index (χ1n) is 7.26. The summed E-state index contributed by atoms with van der Waals surface area (Å²) in [7, 11) is 0. The van der Waals surface area contributed by atoms with Gasteiger partial charge < -0.3 is 12.2 Å². The van der Waals surface area contributed by atoms with Crippen LogP contribution in [0.2, 0.25) is 0 Å². The zero-order chi connectivity index (χ0) is 13.9. The van der Waals surface area contributed by atoms with E-state index in [1.54, 1.807) is 6.08 Å². The van der Waals surface area contributed by atoms with Crippen LogP contribution in [0.15, 0.2) is 36.5 Å². The van der Waals surface area contributed by atoms with E-state index in [2.05, 4.69) is 6.58 Å². The van der Waals surface area contributed by atoms with Crippen LogP contribution >= 0.6 is 0 Å². The molecule has 0 aliphatic heterocycles. The summed E-state index contributed by atoms with van der Waals surface area (Å²) in [5.74, 6) is 0.114. The Morgan fingerprint density at radius 3 is 2.43 bits per heavy atom. The standard InChI is InChI=1S/C17H24O2.CH3.Cs/c1-4-7-14(8-5-2)13(3)19-16(18)15-11-17(12-15)9-6-10-17;;/h4-5,7-8,13,15H,1,6,9-12H2,2-3H3;1H3;/q;-1;+1/b8-5-,14-7+;;/t13-;;/m0../s1. The molecule has 0 aromatic heterocycles. The molecule has 0 saturated heterocycles. The molecule has 2 rings (SSSR count). The van der Waals surface area contributed by atoms with Crippen molar-refractivity contribution in [2.75, 3.05) is 0 Å². The Kier molecular flexibility index (Phi) is 10.1. The third kappa shape index (κ3) is 5.40. The molecule has 0 radical (unpaired) electrons. The van der Waals surface area contributed by atoms with Gasteiger partial charge in [-0.3, -0.25) is 4.79 Å². The largest absolute Gasteiger partial charge is 1.00 e. The van der Waals surface area contributed by atoms with Gasteiger partial charge in [0.15, 0.2) is 0 Å². The maximum Gasteiger partial charge on any atom is 1.00 e. The number of ether oxygens (including phenoxy) is 1. The topological polar surface area (TPSA) is 26.3 Å². The normalized spacial score (nSPS) is 21.5. The van der Waals surface area contributed by atoms with Gasteiger partial charge in [-0.25, -0.2) is 0 Å². The van der Waals surface area contributed by atoms with E-state index in [0.29, 0.717) is 5.41 Å². The number of hydrogen-bond donors (Lipinski definition) is 0. The molecule has 2 aliphatic carbocycles. The van der Waals surface area contributed by atoms with E-state index in [-0.39, 0.29) is 94.3 Å². The molecule has 0 amide bonds. The van der Waals surface area contributed by atoms with E-state index in [4.69, 9.17) is 4.74 Å². The van der Waals surface area contributed by atoms with Crippen molar-refractivity contribution < 1.29 is 78.4 Å². The Morgan fingerprint density at radius 2 is 2.00 bits per heavy atom. The molecule has 2 fully saturated rings. The molecule has 1 atom stereocenters. The summed E-state index contributed by atoms with van der Waals surface area (Å²) >= 11 is 0. The quantitative estimate of drug-likeness (QED) is 0.393. The van der Waals surface area contributed by atoms with Crippen molar-refractivity contribution in [2.45, 2.75) is 52.1 Å². The molecule has 2 aliphatic rings. The second-order valence-corrected chi connectivity index (χ2v) is 5.94. The molecule has 112 valence electrons.